The van der Waals surface area contributed by atoms with Gasteiger partial charge in [-0.3, -0.25) is 14.5 Å². The predicted molar refractivity (Wildman–Crippen MR) is 165 cm³/mol. The van der Waals surface area contributed by atoms with Gasteiger partial charge in [0, 0.05) is 11.3 Å². The number of aliphatic hydroxyl groups excluding tert-OH is 1. The number of carbonyl (C=O) groups is 2. The molecule has 6 rings (SSSR count). The first-order valence-corrected chi connectivity index (χ1v) is 15.1. The van der Waals surface area contributed by atoms with Crippen molar-refractivity contribution in [3.63, 3.8) is 0 Å². The Morgan fingerprint density at radius 1 is 0.930 bits per heavy atom. The maximum Gasteiger partial charge on any atom is 0.301 e. The molecule has 0 bridgehead atoms. The zero-order chi connectivity index (χ0) is 29.9. The summed E-state index contributed by atoms with van der Waals surface area (Å²) in [5.74, 6) is -0.912. The average Bonchev–Trinajstić information content (AvgIpc) is 3.59. The topological polar surface area (TPSA) is 92.6 Å². The molecule has 1 aliphatic rings. The van der Waals surface area contributed by atoms with Gasteiger partial charge in [-0.05, 0) is 66.6 Å². The zero-order valence-electron chi connectivity index (χ0n) is 22.8. The number of thioether (sulfide) groups is 1. The van der Waals surface area contributed by atoms with E-state index in [2.05, 4.69) is 10.2 Å². The van der Waals surface area contributed by atoms with Crippen LogP contribution >= 0.6 is 23.1 Å². The average molecular weight is 610 g/mol. The van der Waals surface area contributed by atoms with Crippen LogP contribution in [0.4, 0.5) is 9.52 Å². The first-order chi connectivity index (χ1) is 20.9. The number of hydrogen-bond acceptors (Lipinski definition) is 8. The lowest BCUT2D eigenvalue weighted by molar-refractivity contribution is -0.132. The van der Waals surface area contributed by atoms with Crippen LogP contribution in [0.25, 0.3) is 5.76 Å². The number of aliphatic hydroxyl groups is 1. The van der Waals surface area contributed by atoms with E-state index >= 15 is 0 Å². The van der Waals surface area contributed by atoms with Gasteiger partial charge in [-0.15, -0.1) is 10.2 Å². The van der Waals surface area contributed by atoms with Gasteiger partial charge in [-0.2, -0.15) is 0 Å². The molecule has 1 amide bonds. The quantitative estimate of drug-likeness (QED) is 0.0634. The van der Waals surface area contributed by atoms with E-state index in [1.54, 1.807) is 24.3 Å². The van der Waals surface area contributed by atoms with E-state index in [1.807, 2.05) is 61.5 Å². The summed E-state index contributed by atoms with van der Waals surface area (Å²) in [6.07, 6.45) is 0. The van der Waals surface area contributed by atoms with Crippen molar-refractivity contribution in [3.8, 4) is 11.5 Å². The number of para-hydroxylation sites is 1. The Morgan fingerprint density at radius 2 is 1.65 bits per heavy atom. The molecule has 1 saturated heterocycles. The minimum absolute atomic E-state index is 0.141. The molecule has 0 saturated carbocycles. The molecule has 10 heteroatoms. The molecule has 43 heavy (non-hydrogen) atoms. The van der Waals surface area contributed by atoms with Crippen LogP contribution < -0.4 is 9.64 Å². The number of Topliss-reactive ketones (excluding diaryl/α,β-unsaturated/α-hetero) is 1. The summed E-state index contributed by atoms with van der Waals surface area (Å²) in [7, 11) is 0. The maximum atomic E-state index is 13.6. The van der Waals surface area contributed by atoms with Crippen LogP contribution in [0.5, 0.6) is 11.5 Å². The van der Waals surface area contributed by atoms with Gasteiger partial charge in [-0.1, -0.05) is 83.3 Å². The lowest BCUT2D eigenvalue weighted by Gasteiger charge is -2.23. The molecule has 5 aromatic rings. The van der Waals surface area contributed by atoms with Crippen molar-refractivity contribution in [1.29, 1.82) is 0 Å². The summed E-state index contributed by atoms with van der Waals surface area (Å²) in [6, 6.07) is 28.3. The van der Waals surface area contributed by atoms with E-state index in [1.165, 1.54) is 57.8 Å². The summed E-state index contributed by atoms with van der Waals surface area (Å²) in [6.45, 7) is 2.03. The van der Waals surface area contributed by atoms with Gasteiger partial charge in [-0.25, -0.2) is 4.39 Å². The van der Waals surface area contributed by atoms with Crippen LogP contribution in [-0.2, 0) is 15.3 Å². The van der Waals surface area contributed by atoms with E-state index in [4.69, 9.17) is 4.74 Å². The third-order valence-corrected chi connectivity index (χ3v) is 8.93. The highest BCUT2D eigenvalue weighted by Gasteiger charge is 2.48. The molecule has 7 nitrogen and oxygen atoms in total. The first kappa shape index (κ1) is 28.3. The predicted octanol–water partition coefficient (Wildman–Crippen LogP) is 7.70. The molecule has 1 aromatic heterocycles. The fourth-order valence-corrected chi connectivity index (χ4v) is 6.49. The highest BCUT2D eigenvalue weighted by Crippen LogP contribution is 2.44. The molecule has 1 aliphatic heterocycles. The van der Waals surface area contributed by atoms with Gasteiger partial charge in [0.1, 0.15) is 23.1 Å². The highest BCUT2D eigenvalue weighted by atomic mass is 32.2. The van der Waals surface area contributed by atoms with Crippen LogP contribution in [0.3, 0.4) is 0 Å². The Balaban J connectivity index is 1.39. The number of aryl methyl sites for hydroxylation is 1. The number of halogens is 1. The second-order valence-corrected chi connectivity index (χ2v) is 12.0. The Bertz CT molecular complexity index is 1820. The largest absolute Gasteiger partial charge is 0.507 e. The lowest BCUT2D eigenvalue weighted by Crippen LogP contribution is -2.29. The smallest absolute Gasteiger partial charge is 0.301 e. The van der Waals surface area contributed by atoms with Crippen molar-refractivity contribution in [1.82, 2.24) is 10.2 Å². The number of ether oxygens (including phenoxy) is 1. The minimum atomic E-state index is -1.03. The molecule has 0 spiro atoms. The van der Waals surface area contributed by atoms with Gasteiger partial charge >= 0.3 is 5.91 Å². The molecule has 0 aliphatic carbocycles. The van der Waals surface area contributed by atoms with Crippen molar-refractivity contribution in [2.75, 3.05) is 4.90 Å². The molecule has 1 unspecified atom stereocenters. The fourth-order valence-electron chi connectivity index (χ4n) is 4.67. The molecular formula is C33H24FN3O4S2. The second kappa shape index (κ2) is 12.2. The number of benzene rings is 4. The molecule has 0 radical (unpaired) electrons. The van der Waals surface area contributed by atoms with Gasteiger partial charge in [0.05, 0.1) is 11.6 Å². The van der Waals surface area contributed by atoms with E-state index in [-0.39, 0.29) is 16.3 Å². The highest BCUT2D eigenvalue weighted by molar-refractivity contribution is 8.00. The summed E-state index contributed by atoms with van der Waals surface area (Å²) < 4.78 is 20.3. The number of carbonyl (C=O) groups excluding carboxylic acids is 2. The molecular weight excluding hydrogens is 586 g/mol. The van der Waals surface area contributed by atoms with Crippen LogP contribution in [-0.4, -0.2) is 27.0 Å². The number of ketones is 1. The second-order valence-electron chi connectivity index (χ2n) is 9.79. The summed E-state index contributed by atoms with van der Waals surface area (Å²) >= 11 is 2.66. The number of nitrogens with zero attached hydrogens (tertiary/aromatic N) is 3. The molecule has 2 heterocycles. The monoisotopic (exact) mass is 609 g/mol. The van der Waals surface area contributed by atoms with Crippen LogP contribution in [0, 0.1) is 12.7 Å². The van der Waals surface area contributed by atoms with E-state index in [0.717, 1.165) is 5.56 Å². The van der Waals surface area contributed by atoms with Crippen molar-refractivity contribution in [3.05, 3.63) is 137 Å². The van der Waals surface area contributed by atoms with Crippen molar-refractivity contribution in [2.24, 2.45) is 0 Å². The number of aromatic nitrogens is 2. The van der Waals surface area contributed by atoms with Gasteiger partial charge in [0.15, 0.2) is 4.34 Å². The number of amides is 1. The summed E-state index contributed by atoms with van der Waals surface area (Å²) in [5.41, 5.74) is 2.86. The Morgan fingerprint density at radius 3 is 2.40 bits per heavy atom. The van der Waals surface area contributed by atoms with Crippen LogP contribution in [0.15, 0.2) is 113 Å². The Kier molecular flexibility index (Phi) is 8.04. The third kappa shape index (κ3) is 6.06. The molecule has 1 atom stereocenters. The van der Waals surface area contributed by atoms with Gasteiger partial charge in [0.25, 0.3) is 5.78 Å². The number of rotatable bonds is 8. The normalized spacial score (nSPS) is 16.0. The first-order valence-electron chi connectivity index (χ1n) is 13.3. The van der Waals surface area contributed by atoms with E-state index in [9.17, 15) is 19.1 Å². The molecule has 1 N–H and O–H groups in total. The van der Waals surface area contributed by atoms with Gasteiger partial charge in [0.2, 0.25) is 5.13 Å². The fraction of sp³-hybridized carbons (Fsp3) is 0.0909. The van der Waals surface area contributed by atoms with Gasteiger partial charge < -0.3 is 9.84 Å². The zero-order valence-corrected chi connectivity index (χ0v) is 24.4. The number of anilines is 1. The van der Waals surface area contributed by atoms with Crippen LogP contribution in [0.1, 0.15) is 28.3 Å². The summed E-state index contributed by atoms with van der Waals surface area (Å²) in [5, 5.41) is 20.1. The van der Waals surface area contributed by atoms with Crippen molar-refractivity contribution < 1.29 is 23.8 Å². The molecule has 4 aromatic carbocycles. The maximum absolute atomic E-state index is 13.6. The minimum Gasteiger partial charge on any atom is -0.507 e. The summed E-state index contributed by atoms with van der Waals surface area (Å²) in [4.78, 5) is 28.3. The lowest BCUT2D eigenvalue weighted by atomic mass is 9.95. The Labute approximate surface area is 255 Å². The number of hydrogen-bond donors (Lipinski definition) is 1. The SMILES string of the molecule is Cc1ccc(CSc2nnc(N3C(=O)C(=O)/C(=C(/O)c4ccc(F)cc4)C3c3cccc(Oc4ccccc4)c3)s2)cc1. The standard InChI is InChI=1S/C33H24FN3O4S2/c1-20-10-12-21(13-11-20)19-42-33-36-35-32(43-33)37-28(23-6-5-9-26(18-23)41-25-7-3-2-4-8-25)27(30(39)31(37)40)29(38)22-14-16-24(34)17-15-22/h2-18,28,38H,19H2,1H3/b29-27+. The Hall–Kier alpha value is -4.80. The molecule has 214 valence electrons. The van der Waals surface area contributed by atoms with Crippen molar-refractivity contribution in [2.45, 2.75) is 23.1 Å². The van der Waals surface area contributed by atoms with Crippen LogP contribution in [0.2, 0.25) is 0 Å². The molecule has 1 fully saturated rings. The third-order valence-electron chi connectivity index (χ3n) is 6.80. The van der Waals surface area contributed by atoms with E-state index < -0.39 is 29.3 Å². The van der Waals surface area contributed by atoms with E-state index in [0.29, 0.717) is 27.2 Å². The van der Waals surface area contributed by atoms with Crippen molar-refractivity contribution >= 4 is 45.7 Å².